The van der Waals surface area contributed by atoms with Gasteiger partial charge in [0.1, 0.15) is 10.9 Å². The summed E-state index contributed by atoms with van der Waals surface area (Å²) in [5.41, 5.74) is 2.94. The molecule has 5 heteroatoms. The molecule has 0 radical (unpaired) electrons. The lowest BCUT2D eigenvalue weighted by Gasteiger charge is -2.02. The second-order valence-electron chi connectivity index (χ2n) is 5.46. The number of allylic oxidation sites excluding steroid dienone is 1. The number of para-hydroxylation sites is 1. The van der Waals surface area contributed by atoms with Gasteiger partial charge in [-0.05, 0) is 55.5 Å². The van der Waals surface area contributed by atoms with Crippen molar-refractivity contribution in [1.82, 2.24) is 9.78 Å². The number of carbonyl (C=O) groups is 1. The van der Waals surface area contributed by atoms with Gasteiger partial charge in [-0.3, -0.25) is 4.79 Å². The van der Waals surface area contributed by atoms with E-state index in [9.17, 15) is 4.79 Å². The first kappa shape index (κ1) is 17.0. The molecule has 0 atom stereocenters. The van der Waals surface area contributed by atoms with Crippen LogP contribution in [0.2, 0.25) is 5.15 Å². The van der Waals surface area contributed by atoms with Gasteiger partial charge in [0.05, 0.1) is 18.5 Å². The molecule has 4 nitrogen and oxygen atoms in total. The van der Waals surface area contributed by atoms with Crippen LogP contribution in [0.4, 0.5) is 0 Å². The smallest absolute Gasteiger partial charge is 0.185 e. The third-order valence-electron chi connectivity index (χ3n) is 3.82. The van der Waals surface area contributed by atoms with Crippen molar-refractivity contribution in [1.29, 1.82) is 0 Å². The van der Waals surface area contributed by atoms with Crippen LogP contribution in [0.15, 0.2) is 60.7 Å². The van der Waals surface area contributed by atoms with Gasteiger partial charge in [-0.1, -0.05) is 29.8 Å². The highest BCUT2D eigenvalue weighted by Gasteiger charge is 2.13. The average molecular weight is 353 g/mol. The van der Waals surface area contributed by atoms with Crippen molar-refractivity contribution in [2.24, 2.45) is 0 Å². The van der Waals surface area contributed by atoms with Gasteiger partial charge >= 0.3 is 0 Å². The largest absolute Gasteiger partial charge is 0.497 e. The van der Waals surface area contributed by atoms with E-state index >= 15 is 0 Å². The Bertz CT molecular complexity index is 913. The maximum Gasteiger partial charge on any atom is 0.185 e. The Morgan fingerprint density at radius 2 is 1.80 bits per heavy atom. The maximum atomic E-state index is 12.3. The first-order chi connectivity index (χ1) is 12.1. The zero-order valence-corrected chi connectivity index (χ0v) is 14.7. The van der Waals surface area contributed by atoms with Crippen LogP contribution in [-0.2, 0) is 0 Å². The van der Waals surface area contributed by atoms with Crippen molar-refractivity contribution in [2.75, 3.05) is 7.11 Å². The van der Waals surface area contributed by atoms with Crippen molar-refractivity contribution in [2.45, 2.75) is 6.92 Å². The minimum atomic E-state index is -0.106. The van der Waals surface area contributed by atoms with E-state index in [2.05, 4.69) is 5.10 Å². The van der Waals surface area contributed by atoms with Crippen LogP contribution >= 0.6 is 11.6 Å². The van der Waals surface area contributed by atoms with Gasteiger partial charge in [0, 0.05) is 11.1 Å². The van der Waals surface area contributed by atoms with Crippen LogP contribution in [-0.4, -0.2) is 22.7 Å². The topological polar surface area (TPSA) is 44.1 Å². The maximum absolute atomic E-state index is 12.3. The molecule has 126 valence electrons. The molecule has 0 saturated heterocycles. The van der Waals surface area contributed by atoms with Crippen LogP contribution < -0.4 is 4.74 Å². The van der Waals surface area contributed by atoms with Gasteiger partial charge in [0.25, 0.3) is 0 Å². The van der Waals surface area contributed by atoms with E-state index in [1.165, 1.54) is 6.08 Å². The highest BCUT2D eigenvalue weighted by Crippen LogP contribution is 2.25. The standard InChI is InChI=1S/C20H17ClN2O2/c1-14-18(20(21)23(22-14)16-6-4-3-5-7-16)12-13-19(24)15-8-10-17(25-2)11-9-15/h3-13H,1-2H3/b13-12+. The van der Waals surface area contributed by atoms with E-state index in [4.69, 9.17) is 16.3 Å². The number of hydrogen-bond acceptors (Lipinski definition) is 3. The molecule has 1 aromatic heterocycles. The summed E-state index contributed by atoms with van der Waals surface area (Å²) < 4.78 is 6.76. The molecule has 3 aromatic rings. The SMILES string of the molecule is COc1ccc(C(=O)/C=C/c2c(C)nn(-c3ccccc3)c2Cl)cc1. The zero-order valence-electron chi connectivity index (χ0n) is 13.9. The van der Waals surface area contributed by atoms with E-state index in [1.807, 2.05) is 37.3 Å². The molecule has 3 rings (SSSR count). The van der Waals surface area contributed by atoms with Crippen molar-refractivity contribution in [3.63, 3.8) is 0 Å². The van der Waals surface area contributed by atoms with Gasteiger partial charge in [0.2, 0.25) is 0 Å². The normalized spacial score (nSPS) is 11.0. The van der Waals surface area contributed by atoms with Crippen LogP contribution in [0.1, 0.15) is 21.6 Å². The number of carbonyl (C=O) groups excluding carboxylic acids is 1. The summed E-state index contributed by atoms with van der Waals surface area (Å²) in [7, 11) is 1.59. The van der Waals surface area contributed by atoms with Gasteiger partial charge < -0.3 is 4.74 Å². The summed E-state index contributed by atoms with van der Waals surface area (Å²) in [5.74, 6) is 0.606. The summed E-state index contributed by atoms with van der Waals surface area (Å²) in [4.78, 5) is 12.3. The lowest BCUT2D eigenvalue weighted by atomic mass is 10.1. The average Bonchev–Trinajstić information content (AvgIpc) is 2.94. The first-order valence-electron chi connectivity index (χ1n) is 7.77. The number of methoxy groups -OCH3 is 1. The van der Waals surface area contributed by atoms with Crippen molar-refractivity contribution in [3.05, 3.63) is 82.6 Å². The Morgan fingerprint density at radius 1 is 1.12 bits per heavy atom. The molecule has 0 aliphatic heterocycles. The van der Waals surface area contributed by atoms with Crippen molar-refractivity contribution in [3.8, 4) is 11.4 Å². The Kier molecular flexibility index (Phi) is 5.00. The molecule has 0 aliphatic rings. The molecular formula is C20H17ClN2O2. The first-order valence-corrected chi connectivity index (χ1v) is 8.15. The van der Waals surface area contributed by atoms with E-state index in [0.29, 0.717) is 16.5 Å². The number of hydrogen-bond donors (Lipinski definition) is 0. The molecule has 25 heavy (non-hydrogen) atoms. The number of benzene rings is 2. The number of rotatable bonds is 5. The molecule has 0 spiro atoms. The number of ketones is 1. The fourth-order valence-corrected chi connectivity index (χ4v) is 2.79. The third-order valence-corrected chi connectivity index (χ3v) is 4.19. The summed E-state index contributed by atoms with van der Waals surface area (Å²) >= 11 is 6.45. The monoisotopic (exact) mass is 352 g/mol. The molecule has 0 unspecified atom stereocenters. The van der Waals surface area contributed by atoms with E-state index < -0.39 is 0 Å². The Morgan fingerprint density at radius 3 is 2.44 bits per heavy atom. The number of ether oxygens (including phenoxy) is 1. The molecule has 0 N–H and O–H groups in total. The Labute approximate surface area is 151 Å². The fraction of sp³-hybridized carbons (Fsp3) is 0.100. The predicted molar refractivity (Wildman–Crippen MR) is 99.7 cm³/mol. The highest BCUT2D eigenvalue weighted by molar-refractivity contribution is 6.31. The van der Waals surface area contributed by atoms with Crippen LogP contribution in [0.5, 0.6) is 5.75 Å². The molecule has 0 fully saturated rings. The summed E-state index contributed by atoms with van der Waals surface area (Å²) in [6, 6.07) is 16.6. The van der Waals surface area contributed by atoms with E-state index in [-0.39, 0.29) is 5.78 Å². The van der Waals surface area contributed by atoms with Crippen LogP contribution in [0.3, 0.4) is 0 Å². The van der Waals surface area contributed by atoms with Crippen LogP contribution in [0, 0.1) is 6.92 Å². The van der Waals surface area contributed by atoms with Gasteiger partial charge in [-0.15, -0.1) is 0 Å². The molecule has 0 aliphatic carbocycles. The molecule has 0 saturated carbocycles. The minimum Gasteiger partial charge on any atom is -0.497 e. The fourth-order valence-electron chi connectivity index (χ4n) is 2.45. The van der Waals surface area contributed by atoms with E-state index in [1.54, 1.807) is 42.1 Å². The second-order valence-corrected chi connectivity index (χ2v) is 5.82. The zero-order chi connectivity index (χ0) is 17.8. The number of aryl methyl sites for hydroxylation is 1. The van der Waals surface area contributed by atoms with E-state index in [0.717, 1.165) is 16.9 Å². The lowest BCUT2D eigenvalue weighted by molar-refractivity contribution is 0.104. The summed E-state index contributed by atoms with van der Waals surface area (Å²) in [5, 5.41) is 4.93. The van der Waals surface area contributed by atoms with Gasteiger partial charge in [-0.2, -0.15) is 5.10 Å². The summed E-state index contributed by atoms with van der Waals surface area (Å²) in [6.45, 7) is 1.86. The molecular weight excluding hydrogens is 336 g/mol. The lowest BCUT2D eigenvalue weighted by Crippen LogP contribution is -1.96. The van der Waals surface area contributed by atoms with Crippen molar-refractivity contribution < 1.29 is 9.53 Å². The van der Waals surface area contributed by atoms with Crippen molar-refractivity contribution >= 4 is 23.5 Å². The molecule has 0 amide bonds. The Balaban J connectivity index is 1.86. The highest BCUT2D eigenvalue weighted by atomic mass is 35.5. The Hall–Kier alpha value is -2.85. The minimum absolute atomic E-state index is 0.106. The predicted octanol–water partition coefficient (Wildman–Crippen LogP) is 4.74. The number of nitrogens with zero attached hydrogens (tertiary/aromatic N) is 2. The van der Waals surface area contributed by atoms with Gasteiger partial charge in [-0.25, -0.2) is 4.68 Å². The molecule has 1 heterocycles. The van der Waals surface area contributed by atoms with Gasteiger partial charge in [0.15, 0.2) is 5.78 Å². The quantitative estimate of drug-likeness (QED) is 0.492. The molecule has 0 bridgehead atoms. The third kappa shape index (κ3) is 3.64. The second kappa shape index (κ2) is 7.36. The molecule has 2 aromatic carbocycles. The summed E-state index contributed by atoms with van der Waals surface area (Å²) in [6.07, 6.45) is 3.21. The number of halogens is 1. The van der Waals surface area contributed by atoms with Crippen LogP contribution in [0.25, 0.3) is 11.8 Å². The number of aromatic nitrogens is 2.